The first-order valence-electron chi connectivity index (χ1n) is 5.40. The molecule has 2 aromatic rings. The van der Waals surface area contributed by atoms with Gasteiger partial charge in [-0.15, -0.1) is 0 Å². The minimum absolute atomic E-state index is 0.126. The molecule has 5 nitrogen and oxygen atoms in total. The van der Waals surface area contributed by atoms with Crippen molar-refractivity contribution in [3.8, 4) is 11.4 Å². The highest BCUT2D eigenvalue weighted by molar-refractivity contribution is 5.69. The van der Waals surface area contributed by atoms with Crippen LogP contribution in [-0.4, -0.2) is 27.3 Å². The maximum atomic E-state index is 11.3. The first kappa shape index (κ1) is 11.3. The van der Waals surface area contributed by atoms with Crippen molar-refractivity contribution in [2.45, 2.75) is 13.5 Å². The molecule has 17 heavy (non-hydrogen) atoms. The largest absolute Gasteiger partial charge is 0.465 e. The van der Waals surface area contributed by atoms with E-state index in [1.54, 1.807) is 24.0 Å². The quantitative estimate of drug-likeness (QED) is 0.748. The Bertz CT molecular complexity index is 493. The van der Waals surface area contributed by atoms with Gasteiger partial charge in [0.05, 0.1) is 12.3 Å². The molecule has 0 unspecified atom stereocenters. The molecule has 0 saturated carbocycles. The number of carbonyl (C=O) groups excluding carboxylic acids is 1. The van der Waals surface area contributed by atoms with Crippen molar-refractivity contribution in [2.75, 3.05) is 6.61 Å². The first-order valence-corrected chi connectivity index (χ1v) is 5.40. The average molecular weight is 231 g/mol. The smallest absolute Gasteiger partial charge is 0.327 e. The molecule has 0 saturated heterocycles. The number of esters is 1. The standard InChI is InChI=1S/C12H13N3O2/c1-2-17-12(16)9-15-8-6-11(14-15)10-5-3-4-7-13-10/h3-8H,2,9H2,1H3. The zero-order valence-corrected chi connectivity index (χ0v) is 9.54. The molecule has 2 rings (SSSR count). The van der Waals surface area contributed by atoms with Crippen LogP contribution in [0.2, 0.25) is 0 Å². The molecular weight excluding hydrogens is 218 g/mol. The Morgan fingerprint density at radius 3 is 2.94 bits per heavy atom. The molecule has 0 radical (unpaired) electrons. The predicted octanol–water partition coefficient (Wildman–Crippen LogP) is 1.51. The third-order valence-electron chi connectivity index (χ3n) is 2.16. The summed E-state index contributed by atoms with van der Waals surface area (Å²) in [6.07, 6.45) is 3.45. The van der Waals surface area contributed by atoms with Crippen LogP contribution in [0.25, 0.3) is 11.4 Å². The van der Waals surface area contributed by atoms with Gasteiger partial charge in [-0.2, -0.15) is 5.10 Å². The van der Waals surface area contributed by atoms with Crippen molar-refractivity contribution >= 4 is 5.97 Å². The summed E-state index contributed by atoms with van der Waals surface area (Å²) in [5, 5.41) is 4.26. The van der Waals surface area contributed by atoms with Gasteiger partial charge in [0.2, 0.25) is 0 Å². The summed E-state index contributed by atoms with van der Waals surface area (Å²) in [4.78, 5) is 15.4. The lowest BCUT2D eigenvalue weighted by atomic mass is 10.3. The average Bonchev–Trinajstić information content (AvgIpc) is 2.79. The summed E-state index contributed by atoms with van der Waals surface area (Å²) in [7, 11) is 0. The van der Waals surface area contributed by atoms with E-state index in [9.17, 15) is 4.79 Å². The molecule has 0 aliphatic carbocycles. The Kier molecular flexibility index (Phi) is 3.49. The van der Waals surface area contributed by atoms with Crippen LogP contribution in [0.4, 0.5) is 0 Å². The van der Waals surface area contributed by atoms with Gasteiger partial charge >= 0.3 is 5.97 Å². The van der Waals surface area contributed by atoms with Crippen LogP contribution in [0.1, 0.15) is 6.92 Å². The summed E-state index contributed by atoms with van der Waals surface area (Å²) in [6.45, 7) is 2.29. The van der Waals surface area contributed by atoms with Crippen molar-refractivity contribution in [3.63, 3.8) is 0 Å². The molecule has 5 heteroatoms. The molecule has 0 aliphatic rings. The summed E-state index contributed by atoms with van der Waals surface area (Å²) in [5.74, 6) is -0.289. The van der Waals surface area contributed by atoms with Crippen LogP contribution in [0.3, 0.4) is 0 Å². The Morgan fingerprint density at radius 2 is 2.24 bits per heavy atom. The highest BCUT2D eigenvalue weighted by Gasteiger charge is 2.06. The van der Waals surface area contributed by atoms with Crippen LogP contribution in [0.5, 0.6) is 0 Å². The van der Waals surface area contributed by atoms with E-state index in [2.05, 4.69) is 10.1 Å². The Hall–Kier alpha value is -2.17. The third kappa shape index (κ3) is 2.90. The third-order valence-corrected chi connectivity index (χ3v) is 2.16. The second-order valence-corrected chi connectivity index (χ2v) is 3.42. The van der Waals surface area contributed by atoms with E-state index in [4.69, 9.17) is 4.74 Å². The van der Waals surface area contributed by atoms with E-state index < -0.39 is 0 Å². The predicted molar refractivity (Wildman–Crippen MR) is 62.1 cm³/mol. The van der Waals surface area contributed by atoms with Crippen molar-refractivity contribution in [1.29, 1.82) is 0 Å². The van der Waals surface area contributed by atoms with Gasteiger partial charge in [0.25, 0.3) is 0 Å². The monoisotopic (exact) mass is 231 g/mol. The molecule has 0 amide bonds. The minimum Gasteiger partial charge on any atom is -0.465 e. The molecule has 2 aromatic heterocycles. The van der Waals surface area contributed by atoms with Crippen molar-refractivity contribution in [3.05, 3.63) is 36.7 Å². The molecule has 0 fully saturated rings. The van der Waals surface area contributed by atoms with Crippen LogP contribution in [-0.2, 0) is 16.1 Å². The number of hydrogen-bond acceptors (Lipinski definition) is 4. The van der Waals surface area contributed by atoms with E-state index in [0.717, 1.165) is 11.4 Å². The number of carbonyl (C=O) groups is 1. The molecule has 0 spiro atoms. The number of pyridine rings is 1. The molecule has 2 heterocycles. The van der Waals surface area contributed by atoms with Crippen molar-refractivity contribution in [2.24, 2.45) is 0 Å². The number of ether oxygens (including phenoxy) is 1. The van der Waals surface area contributed by atoms with Crippen molar-refractivity contribution in [1.82, 2.24) is 14.8 Å². The Morgan fingerprint density at radius 1 is 1.35 bits per heavy atom. The number of hydrogen-bond donors (Lipinski definition) is 0. The molecule has 0 aliphatic heterocycles. The van der Waals surface area contributed by atoms with Crippen LogP contribution in [0, 0.1) is 0 Å². The van der Waals surface area contributed by atoms with Crippen LogP contribution in [0.15, 0.2) is 36.7 Å². The van der Waals surface area contributed by atoms with Gasteiger partial charge in [0.1, 0.15) is 12.2 Å². The molecular formula is C12H13N3O2. The van der Waals surface area contributed by atoms with Gasteiger partial charge in [-0.05, 0) is 25.1 Å². The summed E-state index contributed by atoms with van der Waals surface area (Å²) >= 11 is 0. The first-order chi connectivity index (χ1) is 8.29. The van der Waals surface area contributed by atoms with Crippen LogP contribution >= 0.6 is 0 Å². The fourth-order valence-electron chi connectivity index (χ4n) is 1.44. The number of nitrogens with zero attached hydrogens (tertiary/aromatic N) is 3. The van der Waals surface area contributed by atoms with E-state index in [1.165, 1.54) is 0 Å². The van der Waals surface area contributed by atoms with Gasteiger partial charge in [-0.3, -0.25) is 14.5 Å². The number of rotatable bonds is 4. The number of aromatic nitrogens is 3. The zero-order valence-electron chi connectivity index (χ0n) is 9.54. The zero-order chi connectivity index (χ0) is 12.1. The van der Waals surface area contributed by atoms with Gasteiger partial charge in [0, 0.05) is 12.4 Å². The summed E-state index contributed by atoms with van der Waals surface area (Å²) in [5.41, 5.74) is 1.53. The molecule has 0 bridgehead atoms. The maximum Gasteiger partial charge on any atom is 0.327 e. The summed E-state index contributed by atoms with van der Waals surface area (Å²) < 4.78 is 6.39. The van der Waals surface area contributed by atoms with Gasteiger partial charge in [-0.25, -0.2) is 0 Å². The van der Waals surface area contributed by atoms with E-state index in [0.29, 0.717) is 6.61 Å². The summed E-state index contributed by atoms with van der Waals surface area (Å²) in [6, 6.07) is 7.43. The van der Waals surface area contributed by atoms with E-state index in [1.807, 2.05) is 24.3 Å². The normalized spacial score (nSPS) is 10.2. The lowest BCUT2D eigenvalue weighted by Gasteiger charge is -2.01. The highest BCUT2D eigenvalue weighted by Crippen LogP contribution is 2.12. The van der Waals surface area contributed by atoms with Gasteiger partial charge in [0.15, 0.2) is 0 Å². The topological polar surface area (TPSA) is 57.0 Å². The second-order valence-electron chi connectivity index (χ2n) is 3.42. The second kappa shape index (κ2) is 5.25. The molecule has 0 N–H and O–H groups in total. The molecule has 0 aromatic carbocycles. The van der Waals surface area contributed by atoms with Gasteiger partial charge in [-0.1, -0.05) is 6.07 Å². The highest BCUT2D eigenvalue weighted by atomic mass is 16.5. The van der Waals surface area contributed by atoms with E-state index in [-0.39, 0.29) is 12.5 Å². The maximum absolute atomic E-state index is 11.3. The molecule has 0 atom stereocenters. The minimum atomic E-state index is -0.289. The SMILES string of the molecule is CCOC(=O)Cn1ccc(-c2ccccn2)n1. The fourth-order valence-corrected chi connectivity index (χ4v) is 1.44. The lowest BCUT2D eigenvalue weighted by molar-refractivity contribution is -0.144. The molecule has 88 valence electrons. The Labute approximate surface area is 99.1 Å². The Balaban J connectivity index is 2.09. The van der Waals surface area contributed by atoms with Crippen molar-refractivity contribution < 1.29 is 9.53 Å². The van der Waals surface area contributed by atoms with E-state index >= 15 is 0 Å². The van der Waals surface area contributed by atoms with Gasteiger partial charge < -0.3 is 4.74 Å². The lowest BCUT2D eigenvalue weighted by Crippen LogP contribution is -2.13. The van der Waals surface area contributed by atoms with Crippen LogP contribution < -0.4 is 0 Å². The fraction of sp³-hybridized carbons (Fsp3) is 0.250.